The average Bonchev–Trinajstić information content (AvgIpc) is 2.50. The van der Waals surface area contributed by atoms with Crippen LogP contribution in [-0.2, 0) is 17.6 Å². The summed E-state index contributed by atoms with van der Waals surface area (Å²) in [7, 11) is 0. The summed E-state index contributed by atoms with van der Waals surface area (Å²) >= 11 is 3.22. The number of halogens is 1. The summed E-state index contributed by atoms with van der Waals surface area (Å²) in [6.45, 7) is 1.70. The minimum absolute atomic E-state index is 0.197. The molecule has 0 atom stereocenters. The lowest BCUT2D eigenvalue weighted by molar-refractivity contribution is -0.128. The maximum atomic E-state index is 11.5. The van der Waals surface area contributed by atoms with Gasteiger partial charge < -0.3 is 4.90 Å². The van der Waals surface area contributed by atoms with Gasteiger partial charge in [0.05, 0.1) is 5.33 Å². The zero-order valence-electron chi connectivity index (χ0n) is 8.58. The number of carbonyl (C=O) groups excluding carboxylic acids is 1. The molecule has 0 saturated heterocycles. The predicted molar refractivity (Wildman–Crippen MR) is 64.2 cm³/mol. The summed E-state index contributed by atoms with van der Waals surface area (Å²) in [4.78, 5) is 13.5. The van der Waals surface area contributed by atoms with Gasteiger partial charge in [0.15, 0.2) is 0 Å². The van der Waals surface area contributed by atoms with Gasteiger partial charge in [-0.25, -0.2) is 0 Å². The fourth-order valence-electron chi connectivity index (χ4n) is 2.00. The second-order valence-corrected chi connectivity index (χ2v) is 4.34. The quantitative estimate of drug-likeness (QED) is 0.713. The molecule has 0 aromatic heterocycles. The van der Waals surface area contributed by atoms with E-state index < -0.39 is 0 Å². The fourth-order valence-corrected chi connectivity index (χ4v) is 2.36. The molecule has 2 nitrogen and oxygen atoms in total. The fraction of sp³-hybridized carbons (Fsp3) is 0.417. The predicted octanol–water partition coefficient (Wildman–Crippen LogP) is 2.01. The van der Waals surface area contributed by atoms with E-state index in [2.05, 4.69) is 40.2 Å². The number of fused-ring (bicyclic) bond motifs is 1. The standard InChI is InChI=1S/C12H14BrNO/c13-9-12(15)14-7-5-10-3-1-2-4-11(10)6-8-14/h1-4H,5-9H2. The van der Waals surface area contributed by atoms with Gasteiger partial charge in [0.1, 0.15) is 0 Å². The normalized spacial score (nSPS) is 15.7. The Bertz CT molecular complexity index is 337. The van der Waals surface area contributed by atoms with Crippen molar-refractivity contribution in [3.63, 3.8) is 0 Å². The van der Waals surface area contributed by atoms with Crippen LogP contribution in [-0.4, -0.2) is 29.2 Å². The van der Waals surface area contributed by atoms with E-state index in [-0.39, 0.29) is 5.91 Å². The molecule has 2 rings (SSSR count). The molecule has 0 unspecified atom stereocenters. The van der Waals surface area contributed by atoms with Gasteiger partial charge in [-0.05, 0) is 24.0 Å². The van der Waals surface area contributed by atoms with Crippen molar-refractivity contribution in [2.24, 2.45) is 0 Å². The number of alkyl halides is 1. The van der Waals surface area contributed by atoms with E-state index in [0.717, 1.165) is 25.9 Å². The summed E-state index contributed by atoms with van der Waals surface area (Å²) in [6.07, 6.45) is 1.96. The van der Waals surface area contributed by atoms with Gasteiger partial charge in [-0.2, -0.15) is 0 Å². The molecule has 1 aromatic carbocycles. The van der Waals surface area contributed by atoms with Crippen molar-refractivity contribution in [2.75, 3.05) is 18.4 Å². The van der Waals surface area contributed by atoms with E-state index in [1.807, 2.05) is 4.90 Å². The molecule has 1 heterocycles. The molecule has 1 aliphatic rings. The van der Waals surface area contributed by atoms with Crippen molar-refractivity contribution in [3.05, 3.63) is 35.4 Å². The lowest BCUT2D eigenvalue weighted by Gasteiger charge is -2.18. The van der Waals surface area contributed by atoms with Crippen molar-refractivity contribution < 1.29 is 4.79 Å². The van der Waals surface area contributed by atoms with Crippen LogP contribution in [0.5, 0.6) is 0 Å². The molecular weight excluding hydrogens is 254 g/mol. The topological polar surface area (TPSA) is 20.3 Å². The Morgan fingerprint density at radius 1 is 1.20 bits per heavy atom. The molecule has 0 fully saturated rings. The third kappa shape index (κ3) is 2.40. The number of rotatable bonds is 1. The third-order valence-corrected chi connectivity index (χ3v) is 3.37. The lowest BCUT2D eigenvalue weighted by atomic mass is 10.0. The Morgan fingerprint density at radius 2 is 1.73 bits per heavy atom. The summed E-state index contributed by atoms with van der Waals surface area (Å²) in [6, 6.07) is 8.47. The number of carbonyl (C=O) groups is 1. The maximum absolute atomic E-state index is 11.5. The van der Waals surface area contributed by atoms with Gasteiger partial charge >= 0.3 is 0 Å². The van der Waals surface area contributed by atoms with Crippen molar-refractivity contribution >= 4 is 21.8 Å². The van der Waals surface area contributed by atoms with Gasteiger partial charge in [0.2, 0.25) is 5.91 Å². The highest BCUT2D eigenvalue weighted by molar-refractivity contribution is 9.09. The summed E-state index contributed by atoms with van der Waals surface area (Å²) < 4.78 is 0. The molecule has 0 saturated carbocycles. The van der Waals surface area contributed by atoms with Gasteiger partial charge in [0, 0.05) is 13.1 Å². The van der Waals surface area contributed by atoms with Crippen LogP contribution < -0.4 is 0 Å². The molecule has 1 aliphatic heterocycles. The monoisotopic (exact) mass is 267 g/mol. The Morgan fingerprint density at radius 3 is 2.20 bits per heavy atom. The highest BCUT2D eigenvalue weighted by Crippen LogP contribution is 2.15. The zero-order chi connectivity index (χ0) is 10.7. The van der Waals surface area contributed by atoms with Crippen LogP contribution in [0.1, 0.15) is 11.1 Å². The Labute approximate surface area is 98.4 Å². The SMILES string of the molecule is O=C(CBr)N1CCc2ccccc2CC1. The summed E-state index contributed by atoms with van der Waals surface area (Å²) in [5.74, 6) is 0.197. The van der Waals surface area contributed by atoms with E-state index in [1.54, 1.807) is 0 Å². The molecule has 0 N–H and O–H groups in total. The van der Waals surface area contributed by atoms with Gasteiger partial charge in [-0.3, -0.25) is 4.79 Å². The highest BCUT2D eigenvalue weighted by Gasteiger charge is 2.16. The van der Waals surface area contributed by atoms with Crippen LogP contribution in [0.15, 0.2) is 24.3 Å². The van der Waals surface area contributed by atoms with E-state index in [4.69, 9.17) is 0 Å². The minimum atomic E-state index is 0.197. The van der Waals surface area contributed by atoms with Crippen molar-refractivity contribution in [3.8, 4) is 0 Å². The van der Waals surface area contributed by atoms with Crippen LogP contribution >= 0.6 is 15.9 Å². The van der Waals surface area contributed by atoms with E-state index in [1.165, 1.54) is 11.1 Å². The van der Waals surface area contributed by atoms with Crippen LogP contribution in [0.2, 0.25) is 0 Å². The van der Waals surface area contributed by atoms with Crippen LogP contribution in [0.3, 0.4) is 0 Å². The van der Waals surface area contributed by atoms with E-state index in [9.17, 15) is 4.79 Å². The number of hydrogen-bond acceptors (Lipinski definition) is 1. The largest absolute Gasteiger partial charge is 0.341 e. The molecule has 0 bridgehead atoms. The van der Waals surface area contributed by atoms with Crippen LogP contribution in [0.4, 0.5) is 0 Å². The first kappa shape index (κ1) is 10.7. The van der Waals surface area contributed by atoms with Crippen molar-refractivity contribution in [1.82, 2.24) is 4.90 Å². The smallest absolute Gasteiger partial charge is 0.233 e. The summed E-state index contributed by atoms with van der Waals surface area (Å²) in [5, 5.41) is 0.434. The highest BCUT2D eigenvalue weighted by atomic mass is 79.9. The van der Waals surface area contributed by atoms with Crippen LogP contribution in [0.25, 0.3) is 0 Å². The summed E-state index contributed by atoms with van der Waals surface area (Å²) in [5.41, 5.74) is 2.78. The van der Waals surface area contributed by atoms with Gasteiger partial charge in [0.25, 0.3) is 0 Å². The minimum Gasteiger partial charge on any atom is -0.341 e. The molecule has 80 valence electrons. The maximum Gasteiger partial charge on any atom is 0.233 e. The lowest BCUT2D eigenvalue weighted by Crippen LogP contribution is -2.33. The Kier molecular flexibility index (Phi) is 3.41. The van der Waals surface area contributed by atoms with E-state index in [0.29, 0.717) is 5.33 Å². The number of hydrogen-bond donors (Lipinski definition) is 0. The van der Waals surface area contributed by atoms with Crippen LogP contribution in [0, 0.1) is 0 Å². The van der Waals surface area contributed by atoms with Gasteiger partial charge in [-0.15, -0.1) is 0 Å². The number of benzene rings is 1. The molecule has 1 amide bonds. The van der Waals surface area contributed by atoms with Crippen molar-refractivity contribution in [1.29, 1.82) is 0 Å². The first-order valence-corrected chi connectivity index (χ1v) is 6.34. The Hall–Kier alpha value is -0.830. The zero-order valence-corrected chi connectivity index (χ0v) is 10.2. The second-order valence-electron chi connectivity index (χ2n) is 3.78. The average molecular weight is 268 g/mol. The van der Waals surface area contributed by atoms with E-state index >= 15 is 0 Å². The molecule has 15 heavy (non-hydrogen) atoms. The molecule has 0 radical (unpaired) electrons. The number of amides is 1. The molecule has 0 aliphatic carbocycles. The molecule has 3 heteroatoms. The number of nitrogens with zero attached hydrogens (tertiary/aromatic N) is 1. The first-order valence-electron chi connectivity index (χ1n) is 5.22. The third-order valence-electron chi connectivity index (χ3n) is 2.89. The van der Waals surface area contributed by atoms with Crippen molar-refractivity contribution in [2.45, 2.75) is 12.8 Å². The molecule has 0 spiro atoms. The Balaban J connectivity index is 2.12. The van der Waals surface area contributed by atoms with Gasteiger partial charge in [-0.1, -0.05) is 40.2 Å². The first-order chi connectivity index (χ1) is 7.31. The second kappa shape index (κ2) is 4.79. The molecule has 1 aromatic rings. The molecular formula is C12H14BrNO.